The lowest BCUT2D eigenvalue weighted by Crippen LogP contribution is -2.60. The van der Waals surface area contributed by atoms with E-state index in [9.17, 15) is 0 Å². The average Bonchev–Trinajstić information content (AvgIpc) is 3.70. The third kappa shape index (κ3) is 8.21. The maximum absolute atomic E-state index is 2.72. The minimum atomic E-state index is -0.0683. The van der Waals surface area contributed by atoms with Crippen molar-refractivity contribution in [3.8, 4) is 22.3 Å². The van der Waals surface area contributed by atoms with Gasteiger partial charge in [0.15, 0.2) is 0 Å². The smallest absolute Gasteiger partial charge is 0.264 e. The van der Waals surface area contributed by atoms with Gasteiger partial charge in [-0.15, -0.1) is 11.3 Å². The monoisotopic (exact) mass is 977 g/mol. The maximum atomic E-state index is 2.72. The van der Waals surface area contributed by atoms with E-state index in [0.717, 1.165) is 6.42 Å². The van der Waals surface area contributed by atoms with E-state index in [0.29, 0.717) is 0 Å². The highest BCUT2D eigenvalue weighted by Gasteiger charge is 2.47. The molecule has 0 spiro atoms. The molecule has 0 saturated carbocycles. The lowest BCUT2D eigenvalue weighted by molar-refractivity contribution is 0.332. The number of fused-ring (bicyclic) bond motifs is 7. The van der Waals surface area contributed by atoms with Crippen LogP contribution < -0.4 is 25.5 Å². The molecule has 2 aliphatic heterocycles. The molecule has 8 aromatic rings. The molecule has 0 fully saturated rings. The van der Waals surface area contributed by atoms with Gasteiger partial charge in [-0.3, -0.25) is 0 Å². The number of benzene rings is 7. The van der Waals surface area contributed by atoms with Crippen LogP contribution in [0.15, 0.2) is 133 Å². The zero-order valence-electron chi connectivity index (χ0n) is 47.0. The Balaban J connectivity index is 1.30. The number of thiophene rings is 1. The molecule has 0 bridgehead atoms. The van der Waals surface area contributed by atoms with Crippen molar-refractivity contribution < 1.29 is 0 Å². The zero-order chi connectivity index (χ0) is 52.1. The Hall–Kier alpha value is -5.84. The molecule has 372 valence electrons. The Bertz CT molecular complexity index is 3520. The van der Waals surface area contributed by atoms with E-state index in [1.165, 1.54) is 128 Å². The first-order chi connectivity index (χ1) is 34.1. The van der Waals surface area contributed by atoms with Crippen LogP contribution in [0.1, 0.15) is 163 Å². The van der Waals surface area contributed by atoms with Gasteiger partial charge in [0.05, 0.1) is 11.4 Å². The summed E-state index contributed by atoms with van der Waals surface area (Å²) in [5.74, 6) is 0. The molecule has 0 unspecified atom stereocenters. The van der Waals surface area contributed by atoms with Gasteiger partial charge in [0.1, 0.15) is 0 Å². The van der Waals surface area contributed by atoms with Crippen LogP contribution in [-0.2, 0) is 32.5 Å². The first kappa shape index (κ1) is 49.4. The lowest BCUT2D eigenvalue weighted by atomic mass is 9.36. The maximum Gasteiger partial charge on any atom is 0.264 e. The van der Waals surface area contributed by atoms with E-state index >= 15 is 0 Å². The Morgan fingerprint density at radius 2 is 1.03 bits per heavy atom. The Kier molecular flexibility index (Phi) is 11.2. The number of rotatable bonds is 4. The fourth-order valence-corrected chi connectivity index (χ4v) is 13.6. The van der Waals surface area contributed by atoms with Gasteiger partial charge < -0.3 is 9.80 Å². The van der Waals surface area contributed by atoms with Crippen molar-refractivity contribution >= 4 is 78.0 Å². The molecule has 7 aromatic carbocycles. The van der Waals surface area contributed by atoms with Crippen molar-refractivity contribution in [2.24, 2.45) is 0 Å². The highest BCUT2D eigenvalue weighted by molar-refractivity contribution is 7.33. The third-order valence-electron chi connectivity index (χ3n) is 17.1. The van der Waals surface area contributed by atoms with Gasteiger partial charge >= 0.3 is 0 Å². The molecule has 0 radical (unpaired) electrons. The molecule has 11 rings (SSSR count). The van der Waals surface area contributed by atoms with Crippen LogP contribution >= 0.6 is 11.3 Å². The van der Waals surface area contributed by atoms with Gasteiger partial charge in [0.25, 0.3) is 6.71 Å². The summed E-state index contributed by atoms with van der Waals surface area (Å²) in [6, 6.07) is 53.3. The molecule has 3 heterocycles. The van der Waals surface area contributed by atoms with Gasteiger partial charge in [-0.1, -0.05) is 190 Å². The molecule has 0 saturated heterocycles. The summed E-state index contributed by atoms with van der Waals surface area (Å²) >= 11 is 2.01. The van der Waals surface area contributed by atoms with Crippen LogP contribution in [0.5, 0.6) is 0 Å². The van der Waals surface area contributed by atoms with Crippen LogP contribution in [0, 0.1) is 6.92 Å². The van der Waals surface area contributed by atoms with Crippen LogP contribution in [0.3, 0.4) is 0 Å². The number of hydrogen-bond donors (Lipinski definition) is 0. The second-order valence-electron chi connectivity index (χ2n) is 27.5. The molecule has 1 aromatic heterocycles. The average molecular weight is 977 g/mol. The van der Waals surface area contributed by atoms with Gasteiger partial charge in [0, 0.05) is 43.2 Å². The topological polar surface area (TPSA) is 6.48 Å². The Morgan fingerprint density at radius 3 is 1.67 bits per heavy atom. The molecular formula is C69H77BN2S. The molecule has 0 N–H and O–H groups in total. The standard InChI is InChI=1S/C69H77BN2S/c1-42-20-18-19-21-50(42)44-36-58-61-59(37-44)72(56-32-27-46(65(5,6)7)38-51(56)43-22-24-45(25-23-43)64(2,3)4)57-40-48(67(11,12)13)26-31-55(57)70(61)63-62(52-39-47(66(8,9)10)28-33-60(52)73-63)71(58)49-29-30-53-54(41-49)69(16,17)35-34-68(53,14)15/h18-33,36-41H,34-35H2,1-17H3. The van der Waals surface area contributed by atoms with Gasteiger partial charge in [0.2, 0.25) is 0 Å². The highest BCUT2D eigenvalue weighted by Crippen LogP contribution is 2.54. The molecule has 3 aliphatic rings. The lowest BCUT2D eigenvalue weighted by Gasteiger charge is -2.45. The van der Waals surface area contributed by atoms with Crippen molar-refractivity contribution in [1.29, 1.82) is 0 Å². The van der Waals surface area contributed by atoms with E-state index in [-0.39, 0.29) is 39.2 Å². The number of hydrogen-bond acceptors (Lipinski definition) is 3. The fourth-order valence-electron chi connectivity index (χ4n) is 12.3. The fraction of sp³-hybridized carbons (Fsp3) is 0.362. The quantitative estimate of drug-likeness (QED) is 0.162. The molecule has 1 aliphatic carbocycles. The number of aryl methyl sites for hydroxylation is 1. The summed E-state index contributed by atoms with van der Waals surface area (Å²) in [6.07, 6.45) is 2.35. The van der Waals surface area contributed by atoms with E-state index in [1.54, 1.807) is 0 Å². The zero-order valence-corrected chi connectivity index (χ0v) is 47.8. The summed E-state index contributed by atoms with van der Waals surface area (Å²) in [5.41, 5.74) is 24.9. The molecule has 73 heavy (non-hydrogen) atoms. The van der Waals surface area contributed by atoms with Gasteiger partial charge in [-0.2, -0.15) is 0 Å². The summed E-state index contributed by atoms with van der Waals surface area (Å²) in [6.45, 7) is 40.2. The molecule has 2 nitrogen and oxygen atoms in total. The predicted octanol–water partition coefficient (Wildman–Crippen LogP) is 18.2. The second-order valence-corrected chi connectivity index (χ2v) is 28.5. The van der Waals surface area contributed by atoms with Crippen LogP contribution in [0.2, 0.25) is 0 Å². The second kappa shape index (κ2) is 16.6. The summed E-state index contributed by atoms with van der Waals surface area (Å²) in [4.78, 5) is 5.41. The molecule has 0 amide bonds. The van der Waals surface area contributed by atoms with Crippen molar-refractivity contribution in [3.63, 3.8) is 0 Å². The number of nitrogens with zero attached hydrogens (tertiary/aromatic N) is 2. The summed E-state index contributed by atoms with van der Waals surface area (Å²) in [7, 11) is 0. The predicted molar refractivity (Wildman–Crippen MR) is 322 cm³/mol. The van der Waals surface area contributed by atoms with E-state index in [1.807, 2.05) is 11.3 Å². The van der Waals surface area contributed by atoms with E-state index in [4.69, 9.17) is 0 Å². The largest absolute Gasteiger partial charge is 0.311 e. The Morgan fingerprint density at radius 1 is 0.466 bits per heavy atom. The normalized spacial score (nSPS) is 16.0. The van der Waals surface area contributed by atoms with Crippen LogP contribution in [-0.4, -0.2) is 6.71 Å². The van der Waals surface area contributed by atoms with Crippen LogP contribution in [0.4, 0.5) is 34.1 Å². The highest BCUT2D eigenvalue weighted by atomic mass is 32.1. The third-order valence-corrected chi connectivity index (χ3v) is 18.3. The van der Waals surface area contributed by atoms with Crippen molar-refractivity contribution in [2.45, 2.75) is 163 Å². The van der Waals surface area contributed by atoms with Gasteiger partial charge in [-0.25, -0.2) is 0 Å². The van der Waals surface area contributed by atoms with Gasteiger partial charge in [-0.05, 0) is 173 Å². The molecule has 0 atom stereocenters. The number of anilines is 6. The SMILES string of the molecule is Cc1ccccc1-c1cc2c3c(c1)N(c1ccc4c(c1)C(C)(C)CCC4(C)C)c1c(sc4ccc(C(C)(C)C)cc14)B3c1ccc(C(C)(C)C)cc1N2c1ccc(C(C)(C)C)cc1-c1ccc(C(C)(C)C)cc1. The molecular weight excluding hydrogens is 900 g/mol. The minimum Gasteiger partial charge on any atom is -0.311 e. The first-order valence-electron chi connectivity index (χ1n) is 27.1. The minimum absolute atomic E-state index is 0.00861. The van der Waals surface area contributed by atoms with Crippen molar-refractivity contribution in [2.75, 3.05) is 9.80 Å². The van der Waals surface area contributed by atoms with E-state index in [2.05, 4.69) is 261 Å². The van der Waals surface area contributed by atoms with Crippen molar-refractivity contribution in [3.05, 3.63) is 172 Å². The summed E-state index contributed by atoms with van der Waals surface area (Å²) in [5, 5.41) is 1.34. The summed E-state index contributed by atoms with van der Waals surface area (Å²) < 4.78 is 2.76. The van der Waals surface area contributed by atoms with Crippen LogP contribution in [0.25, 0.3) is 32.3 Å². The first-order valence-corrected chi connectivity index (χ1v) is 27.9. The van der Waals surface area contributed by atoms with Crippen molar-refractivity contribution in [1.82, 2.24) is 0 Å². The molecule has 4 heteroatoms. The van der Waals surface area contributed by atoms with E-state index < -0.39 is 0 Å². The Labute approximate surface area is 443 Å².